The first-order valence-corrected chi connectivity index (χ1v) is 7.62. The van der Waals surface area contributed by atoms with Crippen LogP contribution in [0.4, 0.5) is 0 Å². The SMILES string of the molecule is N#Cc1cc2cc(C(=O)N[C@@H]3C[C@@H]4CCN(C4)C3)ncn2c1. The molecule has 2 aliphatic heterocycles. The van der Waals surface area contributed by atoms with Gasteiger partial charge in [-0.05, 0) is 37.4 Å². The van der Waals surface area contributed by atoms with E-state index in [1.807, 2.05) is 0 Å². The summed E-state index contributed by atoms with van der Waals surface area (Å²) in [6, 6.07) is 5.79. The maximum absolute atomic E-state index is 12.4. The minimum Gasteiger partial charge on any atom is -0.347 e. The van der Waals surface area contributed by atoms with E-state index in [4.69, 9.17) is 5.26 Å². The minimum absolute atomic E-state index is 0.130. The molecule has 0 saturated carbocycles. The first-order chi connectivity index (χ1) is 10.7. The summed E-state index contributed by atoms with van der Waals surface area (Å²) in [5.41, 5.74) is 1.78. The van der Waals surface area contributed by atoms with Crippen LogP contribution in [0.3, 0.4) is 0 Å². The van der Waals surface area contributed by atoms with E-state index in [1.54, 1.807) is 29.1 Å². The highest BCUT2D eigenvalue weighted by Crippen LogP contribution is 2.26. The van der Waals surface area contributed by atoms with Crippen LogP contribution in [-0.2, 0) is 0 Å². The number of carbonyl (C=O) groups excluding carboxylic acids is 1. The molecular formula is C16H17N5O. The van der Waals surface area contributed by atoms with E-state index in [0.717, 1.165) is 30.9 Å². The quantitative estimate of drug-likeness (QED) is 0.898. The average molecular weight is 295 g/mol. The predicted molar refractivity (Wildman–Crippen MR) is 80.3 cm³/mol. The third-order valence-electron chi connectivity index (χ3n) is 4.65. The van der Waals surface area contributed by atoms with E-state index in [1.165, 1.54) is 13.0 Å². The molecule has 3 atom stereocenters. The van der Waals surface area contributed by atoms with Crippen LogP contribution in [0.5, 0.6) is 0 Å². The number of amides is 1. The van der Waals surface area contributed by atoms with Gasteiger partial charge in [-0.1, -0.05) is 0 Å². The van der Waals surface area contributed by atoms with Crippen LogP contribution in [0.1, 0.15) is 28.9 Å². The summed E-state index contributed by atoms with van der Waals surface area (Å²) >= 11 is 0. The minimum atomic E-state index is -0.130. The van der Waals surface area contributed by atoms with Crippen molar-refractivity contribution in [3.63, 3.8) is 0 Å². The molecule has 0 radical (unpaired) electrons. The van der Waals surface area contributed by atoms with E-state index in [0.29, 0.717) is 11.3 Å². The molecule has 4 rings (SSSR count). The second-order valence-electron chi connectivity index (χ2n) is 6.27. The molecule has 6 nitrogen and oxygen atoms in total. The number of nitriles is 1. The first kappa shape index (κ1) is 13.3. The molecule has 0 spiro atoms. The molecule has 0 aliphatic carbocycles. The second-order valence-corrected chi connectivity index (χ2v) is 6.27. The summed E-state index contributed by atoms with van der Waals surface area (Å²) in [7, 11) is 0. The van der Waals surface area contributed by atoms with Crippen LogP contribution in [-0.4, -0.2) is 45.9 Å². The topological polar surface area (TPSA) is 73.4 Å². The molecule has 0 aromatic carbocycles. The number of nitrogens with zero attached hydrogens (tertiary/aromatic N) is 4. The third kappa shape index (κ3) is 2.34. The molecular weight excluding hydrogens is 278 g/mol. The predicted octanol–water partition coefficient (Wildman–Crippen LogP) is 1.03. The first-order valence-electron chi connectivity index (χ1n) is 7.62. The zero-order chi connectivity index (χ0) is 15.1. The van der Waals surface area contributed by atoms with Crippen molar-refractivity contribution < 1.29 is 4.79 Å². The molecule has 2 bridgehead atoms. The van der Waals surface area contributed by atoms with Crippen molar-refractivity contribution in [3.8, 4) is 6.07 Å². The Hall–Kier alpha value is -2.39. The highest BCUT2D eigenvalue weighted by molar-refractivity contribution is 5.93. The Morgan fingerprint density at radius 1 is 1.41 bits per heavy atom. The Morgan fingerprint density at radius 2 is 2.32 bits per heavy atom. The molecule has 1 unspecified atom stereocenters. The van der Waals surface area contributed by atoms with E-state index in [9.17, 15) is 4.79 Å². The number of hydrogen-bond acceptors (Lipinski definition) is 4. The molecule has 6 heteroatoms. The van der Waals surface area contributed by atoms with Gasteiger partial charge in [-0.25, -0.2) is 4.98 Å². The number of aromatic nitrogens is 2. The lowest BCUT2D eigenvalue weighted by Crippen LogP contribution is -2.47. The smallest absolute Gasteiger partial charge is 0.270 e. The molecule has 22 heavy (non-hydrogen) atoms. The van der Waals surface area contributed by atoms with Crippen molar-refractivity contribution in [1.82, 2.24) is 19.6 Å². The highest BCUT2D eigenvalue weighted by Gasteiger charge is 2.33. The fourth-order valence-electron chi connectivity index (χ4n) is 3.62. The number of hydrogen-bond donors (Lipinski definition) is 1. The van der Waals surface area contributed by atoms with Crippen LogP contribution < -0.4 is 5.32 Å². The highest BCUT2D eigenvalue weighted by atomic mass is 16.1. The Morgan fingerprint density at radius 3 is 3.14 bits per heavy atom. The van der Waals surface area contributed by atoms with Gasteiger partial charge in [-0.2, -0.15) is 5.26 Å². The Bertz CT molecular complexity index is 762. The van der Waals surface area contributed by atoms with E-state index in [-0.39, 0.29) is 11.9 Å². The molecule has 2 fully saturated rings. The maximum Gasteiger partial charge on any atom is 0.270 e. The van der Waals surface area contributed by atoms with Gasteiger partial charge >= 0.3 is 0 Å². The second kappa shape index (κ2) is 5.11. The van der Waals surface area contributed by atoms with Crippen molar-refractivity contribution >= 4 is 11.4 Å². The molecule has 1 amide bonds. The van der Waals surface area contributed by atoms with Crippen LogP contribution >= 0.6 is 0 Å². The van der Waals surface area contributed by atoms with Crippen LogP contribution in [0.15, 0.2) is 24.7 Å². The summed E-state index contributed by atoms with van der Waals surface area (Å²) in [6.07, 6.45) is 5.60. The molecule has 2 saturated heterocycles. The molecule has 112 valence electrons. The Kier molecular flexibility index (Phi) is 3.09. The Labute approximate surface area is 128 Å². The van der Waals surface area contributed by atoms with Gasteiger partial charge in [0.15, 0.2) is 0 Å². The normalized spacial score (nSPS) is 26.8. The van der Waals surface area contributed by atoms with Crippen molar-refractivity contribution in [2.24, 2.45) is 5.92 Å². The fourth-order valence-corrected chi connectivity index (χ4v) is 3.62. The summed E-state index contributed by atoms with van der Waals surface area (Å²) in [4.78, 5) is 19.0. The lowest BCUT2D eigenvalue weighted by Gasteiger charge is -2.30. The monoisotopic (exact) mass is 295 g/mol. The Balaban J connectivity index is 1.51. The third-order valence-corrected chi connectivity index (χ3v) is 4.65. The summed E-state index contributed by atoms with van der Waals surface area (Å²) in [6.45, 7) is 3.27. The van der Waals surface area contributed by atoms with Crippen LogP contribution in [0, 0.1) is 17.2 Å². The van der Waals surface area contributed by atoms with Gasteiger partial charge in [0.2, 0.25) is 0 Å². The average Bonchev–Trinajstić information content (AvgIpc) is 3.09. The molecule has 2 aromatic rings. The van der Waals surface area contributed by atoms with Crippen molar-refractivity contribution in [1.29, 1.82) is 5.26 Å². The largest absolute Gasteiger partial charge is 0.347 e. The fraction of sp³-hybridized carbons (Fsp3) is 0.438. The molecule has 2 aliphatic rings. The summed E-state index contributed by atoms with van der Waals surface area (Å²) in [5.74, 6) is 0.591. The number of nitrogens with one attached hydrogen (secondary N) is 1. The molecule has 2 aromatic heterocycles. The van der Waals surface area contributed by atoms with E-state index in [2.05, 4.69) is 21.3 Å². The van der Waals surface area contributed by atoms with Gasteiger partial charge < -0.3 is 14.6 Å². The van der Waals surface area contributed by atoms with E-state index >= 15 is 0 Å². The van der Waals surface area contributed by atoms with Crippen molar-refractivity contribution in [2.45, 2.75) is 18.9 Å². The lowest BCUT2D eigenvalue weighted by molar-refractivity contribution is 0.0904. The van der Waals surface area contributed by atoms with Crippen LogP contribution in [0.25, 0.3) is 5.52 Å². The van der Waals surface area contributed by atoms with Gasteiger partial charge in [-0.15, -0.1) is 0 Å². The zero-order valence-electron chi connectivity index (χ0n) is 12.2. The maximum atomic E-state index is 12.4. The zero-order valence-corrected chi connectivity index (χ0v) is 12.2. The lowest BCUT2D eigenvalue weighted by atomic mass is 9.97. The van der Waals surface area contributed by atoms with E-state index < -0.39 is 0 Å². The molecule has 4 heterocycles. The van der Waals surface area contributed by atoms with Crippen molar-refractivity contribution in [2.75, 3.05) is 19.6 Å². The van der Waals surface area contributed by atoms with Gasteiger partial charge in [0.1, 0.15) is 18.1 Å². The van der Waals surface area contributed by atoms with Gasteiger partial charge in [0.05, 0.1) is 11.1 Å². The summed E-state index contributed by atoms with van der Waals surface area (Å²) < 4.78 is 1.75. The van der Waals surface area contributed by atoms with Gasteiger partial charge in [-0.3, -0.25) is 4.79 Å². The van der Waals surface area contributed by atoms with Gasteiger partial charge in [0, 0.05) is 25.3 Å². The number of fused-ring (bicyclic) bond motifs is 3. The number of piperidine rings is 1. The number of carbonyl (C=O) groups is 1. The van der Waals surface area contributed by atoms with Gasteiger partial charge in [0.25, 0.3) is 5.91 Å². The van der Waals surface area contributed by atoms with Crippen molar-refractivity contribution in [3.05, 3.63) is 35.9 Å². The molecule has 1 N–H and O–H groups in total. The summed E-state index contributed by atoms with van der Waals surface area (Å²) in [5, 5.41) is 12.0. The standard InChI is InChI=1S/C16H17N5O/c17-6-12-4-14-5-15(18-10-21(14)8-12)16(22)19-13-3-11-1-2-20(7-11)9-13/h4-5,8,10-11,13H,1-3,7,9H2,(H,19,22)/t11-,13+/m0/s1. The number of rotatable bonds is 2. The van der Waals surface area contributed by atoms with Crippen LogP contribution in [0.2, 0.25) is 0 Å².